The molecule has 0 saturated heterocycles. The van der Waals surface area contributed by atoms with Gasteiger partial charge in [-0.25, -0.2) is 9.59 Å². The summed E-state index contributed by atoms with van der Waals surface area (Å²) < 4.78 is 21.0. The Morgan fingerprint density at radius 2 is 1.28 bits per heavy atom. The van der Waals surface area contributed by atoms with Crippen LogP contribution < -0.4 is 19.3 Å². The van der Waals surface area contributed by atoms with E-state index in [1.165, 1.54) is 14.2 Å². The summed E-state index contributed by atoms with van der Waals surface area (Å²) in [5.74, 6) is 0.284. The predicted octanol–water partition coefficient (Wildman–Crippen LogP) is 3.37. The van der Waals surface area contributed by atoms with Gasteiger partial charge in [0.15, 0.2) is 0 Å². The molecule has 0 unspecified atom stereocenters. The molecule has 1 aliphatic rings. The van der Waals surface area contributed by atoms with Gasteiger partial charge in [-0.3, -0.25) is 0 Å². The zero-order valence-corrected chi connectivity index (χ0v) is 18.8. The fourth-order valence-corrected chi connectivity index (χ4v) is 3.53. The Hall–Kier alpha value is -3.68. The molecule has 2 aromatic carbocycles. The van der Waals surface area contributed by atoms with Crippen LogP contribution in [0.4, 0.5) is 11.4 Å². The Morgan fingerprint density at radius 3 is 1.75 bits per heavy atom. The number of hydrogen-bond donors (Lipinski definition) is 0. The van der Waals surface area contributed by atoms with Crippen molar-refractivity contribution in [2.24, 2.45) is 0 Å². The Bertz CT molecular complexity index is 969. The smallest absolute Gasteiger partial charge is 0.355 e. The second kappa shape index (κ2) is 10.6. The second-order valence-electron chi connectivity index (χ2n) is 6.93. The Kier molecular flexibility index (Phi) is 7.59. The molecule has 8 nitrogen and oxygen atoms in total. The number of ether oxygens (including phenoxy) is 4. The molecule has 0 fully saturated rings. The topological polar surface area (TPSA) is 77.5 Å². The quantitative estimate of drug-likeness (QED) is 0.579. The summed E-state index contributed by atoms with van der Waals surface area (Å²) in [4.78, 5) is 29.1. The number of methoxy groups -OCH3 is 2. The van der Waals surface area contributed by atoms with Gasteiger partial charge in [-0.05, 0) is 62.4 Å². The lowest BCUT2D eigenvalue weighted by atomic mass is 10.1. The number of hydrogen-bond acceptors (Lipinski definition) is 8. The third-order valence-electron chi connectivity index (χ3n) is 5.00. The van der Waals surface area contributed by atoms with Gasteiger partial charge in [-0.15, -0.1) is 0 Å². The van der Waals surface area contributed by atoms with Gasteiger partial charge in [0, 0.05) is 11.4 Å². The van der Waals surface area contributed by atoms with Gasteiger partial charge in [0.25, 0.3) is 0 Å². The number of anilines is 2. The molecule has 8 heteroatoms. The highest BCUT2D eigenvalue weighted by Crippen LogP contribution is 2.32. The number of rotatable bonds is 8. The van der Waals surface area contributed by atoms with Crippen molar-refractivity contribution in [1.29, 1.82) is 0 Å². The fourth-order valence-electron chi connectivity index (χ4n) is 3.53. The van der Waals surface area contributed by atoms with Crippen LogP contribution in [0.5, 0.6) is 11.5 Å². The average Bonchev–Trinajstić information content (AvgIpc) is 2.83. The SMILES string of the molecule is CCOc1ccc(N2CC(C(=O)OC)=C(C(=O)OC)N(c3ccc(OCC)cc3)C2)cc1. The molecule has 3 rings (SSSR count). The minimum Gasteiger partial charge on any atom is -0.494 e. The molecule has 0 amide bonds. The molecule has 0 radical (unpaired) electrons. The first-order chi connectivity index (χ1) is 15.5. The van der Waals surface area contributed by atoms with E-state index >= 15 is 0 Å². The molecule has 1 heterocycles. The van der Waals surface area contributed by atoms with E-state index in [1.54, 1.807) is 4.90 Å². The maximum Gasteiger partial charge on any atom is 0.355 e. The van der Waals surface area contributed by atoms with Crippen molar-refractivity contribution in [3.8, 4) is 11.5 Å². The van der Waals surface area contributed by atoms with Crippen molar-refractivity contribution < 1.29 is 28.5 Å². The minimum atomic E-state index is -0.606. The summed E-state index contributed by atoms with van der Waals surface area (Å²) in [5, 5.41) is 0. The van der Waals surface area contributed by atoms with Crippen LogP contribution >= 0.6 is 0 Å². The molecule has 0 saturated carbocycles. The van der Waals surface area contributed by atoms with Crippen molar-refractivity contribution in [3.05, 3.63) is 59.8 Å². The van der Waals surface area contributed by atoms with Crippen LogP contribution in [0.2, 0.25) is 0 Å². The van der Waals surface area contributed by atoms with E-state index in [4.69, 9.17) is 18.9 Å². The first kappa shape index (κ1) is 23.0. The standard InChI is InChI=1S/C24H28N2O6/c1-5-31-19-11-7-17(8-12-19)25-15-21(23(27)29-3)22(24(28)30-4)26(16-25)18-9-13-20(14-10-18)32-6-2/h7-14H,5-6,15-16H2,1-4H3. The Labute approximate surface area is 187 Å². The fraction of sp³-hybridized carbons (Fsp3) is 0.333. The van der Waals surface area contributed by atoms with Crippen LogP contribution in [0.3, 0.4) is 0 Å². The Balaban J connectivity index is 2.05. The van der Waals surface area contributed by atoms with Crippen molar-refractivity contribution in [1.82, 2.24) is 0 Å². The molecule has 0 aliphatic carbocycles. The van der Waals surface area contributed by atoms with Gasteiger partial charge in [-0.1, -0.05) is 0 Å². The van der Waals surface area contributed by atoms with E-state index in [2.05, 4.69) is 0 Å². The van der Waals surface area contributed by atoms with E-state index in [0.717, 1.165) is 11.4 Å². The van der Waals surface area contributed by atoms with Crippen LogP contribution in [0, 0.1) is 0 Å². The van der Waals surface area contributed by atoms with E-state index in [1.807, 2.05) is 67.3 Å². The maximum absolute atomic E-state index is 12.7. The monoisotopic (exact) mass is 440 g/mol. The highest BCUT2D eigenvalue weighted by atomic mass is 16.5. The molecule has 0 atom stereocenters. The molecule has 0 spiro atoms. The number of carbonyl (C=O) groups is 2. The minimum absolute atomic E-state index is 0.158. The van der Waals surface area contributed by atoms with Crippen LogP contribution in [-0.4, -0.2) is 52.6 Å². The number of carbonyl (C=O) groups excluding carboxylic acids is 2. The van der Waals surface area contributed by atoms with E-state index in [0.29, 0.717) is 31.3 Å². The predicted molar refractivity (Wildman–Crippen MR) is 121 cm³/mol. The van der Waals surface area contributed by atoms with Gasteiger partial charge in [0.2, 0.25) is 0 Å². The van der Waals surface area contributed by atoms with Crippen LogP contribution in [0.1, 0.15) is 13.8 Å². The molecular formula is C24H28N2O6. The second-order valence-corrected chi connectivity index (χ2v) is 6.93. The Morgan fingerprint density at radius 1 is 0.781 bits per heavy atom. The van der Waals surface area contributed by atoms with Gasteiger partial charge in [-0.2, -0.15) is 0 Å². The average molecular weight is 440 g/mol. The lowest BCUT2D eigenvalue weighted by Gasteiger charge is -2.39. The van der Waals surface area contributed by atoms with Crippen molar-refractivity contribution in [2.75, 3.05) is 50.4 Å². The largest absolute Gasteiger partial charge is 0.494 e. The molecule has 0 aromatic heterocycles. The lowest BCUT2D eigenvalue weighted by molar-refractivity contribution is -0.139. The molecule has 0 N–H and O–H groups in total. The number of benzene rings is 2. The maximum atomic E-state index is 12.7. The van der Waals surface area contributed by atoms with Gasteiger partial charge >= 0.3 is 11.9 Å². The third-order valence-corrected chi connectivity index (χ3v) is 5.00. The zero-order valence-electron chi connectivity index (χ0n) is 18.8. The highest BCUT2D eigenvalue weighted by molar-refractivity contribution is 6.04. The van der Waals surface area contributed by atoms with Crippen molar-refractivity contribution in [3.63, 3.8) is 0 Å². The summed E-state index contributed by atoms with van der Waals surface area (Å²) in [6.45, 7) is 5.48. The third kappa shape index (κ3) is 4.96. The van der Waals surface area contributed by atoms with Gasteiger partial charge in [0.05, 0.1) is 46.2 Å². The summed E-state index contributed by atoms with van der Waals surface area (Å²) in [6.07, 6.45) is 0. The van der Waals surface area contributed by atoms with E-state index in [9.17, 15) is 9.59 Å². The van der Waals surface area contributed by atoms with Crippen molar-refractivity contribution >= 4 is 23.3 Å². The molecular weight excluding hydrogens is 412 g/mol. The lowest BCUT2D eigenvalue weighted by Crippen LogP contribution is -2.48. The van der Waals surface area contributed by atoms with Crippen LogP contribution in [0.15, 0.2) is 59.8 Å². The zero-order chi connectivity index (χ0) is 23.1. The van der Waals surface area contributed by atoms with Crippen LogP contribution in [-0.2, 0) is 19.1 Å². The van der Waals surface area contributed by atoms with Crippen molar-refractivity contribution in [2.45, 2.75) is 13.8 Å². The van der Waals surface area contributed by atoms with E-state index in [-0.39, 0.29) is 17.8 Å². The molecule has 0 bridgehead atoms. The molecule has 1 aliphatic heterocycles. The summed E-state index contributed by atoms with van der Waals surface area (Å²) >= 11 is 0. The van der Waals surface area contributed by atoms with Gasteiger partial charge in [0.1, 0.15) is 17.2 Å². The number of esters is 2. The highest BCUT2D eigenvalue weighted by Gasteiger charge is 2.35. The van der Waals surface area contributed by atoms with E-state index < -0.39 is 11.9 Å². The van der Waals surface area contributed by atoms with Gasteiger partial charge < -0.3 is 28.7 Å². The number of nitrogens with zero attached hydrogens (tertiary/aromatic N) is 2. The molecule has 170 valence electrons. The summed E-state index contributed by atoms with van der Waals surface area (Å²) in [7, 11) is 2.58. The normalized spacial score (nSPS) is 13.6. The van der Waals surface area contributed by atoms with Crippen LogP contribution in [0.25, 0.3) is 0 Å². The first-order valence-electron chi connectivity index (χ1n) is 10.4. The summed E-state index contributed by atoms with van der Waals surface area (Å²) in [5.41, 5.74) is 1.96. The molecule has 2 aromatic rings. The first-order valence-corrected chi connectivity index (χ1v) is 10.4. The molecule has 32 heavy (non-hydrogen) atoms. The summed E-state index contributed by atoms with van der Waals surface area (Å²) in [6, 6.07) is 14.9.